The Hall–Kier alpha value is -0.476. The van der Waals surface area contributed by atoms with Crippen LogP contribution >= 0.6 is 0 Å². The van der Waals surface area contributed by atoms with Crippen molar-refractivity contribution in [3.05, 3.63) is 12.2 Å². The van der Waals surface area contributed by atoms with Gasteiger partial charge in [0.15, 0.2) is 16.6 Å². The molecule has 0 N–H and O–H groups in total. The second-order valence-electron chi connectivity index (χ2n) is 6.84. The summed E-state index contributed by atoms with van der Waals surface area (Å²) in [7, 11) is -1.68. The molecule has 0 aromatic heterocycles. The van der Waals surface area contributed by atoms with E-state index in [1.807, 2.05) is 0 Å². The molecule has 0 bridgehead atoms. The van der Waals surface area contributed by atoms with Gasteiger partial charge < -0.3 is 18.3 Å². The summed E-state index contributed by atoms with van der Waals surface area (Å²) in [5.74, 6) is -0.435. The Kier molecular flexibility index (Phi) is 10.1. The summed E-state index contributed by atoms with van der Waals surface area (Å²) in [6, 6.07) is 1.11. The predicted octanol–water partition coefficient (Wildman–Crippen LogP) is 3.20. The van der Waals surface area contributed by atoms with Crippen molar-refractivity contribution in [2.24, 2.45) is 0 Å². The molecule has 0 atom stereocenters. The summed E-state index contributed by atoms with van der Waals surface area (Å²) in [5.41, 5.74) is 0.318. The molecule has 130 valence electrons. The van der Waals surface area contributed by atoms with Crippen molar-refractivity contribution in [2.75, 3.05) is 33.5 Å². The molecule has 0 aliphatic carbocycles. The van der Waals surface area contributed by atoms with E-state index in [-0.39, 0.29) is 6.61 Å². The average Bonchev–Trinajstić information content (AvgIpc) is 2.37. The number of carbonyl (C=O) groups is 1. The summed E-state index contributed by atoms with van der Waals surface area (Å²) in [6.07, 6.45) is 1.01. The van der Waals surface area contributed by atoms with E-state index >= 15 is 0 Å². The molecule has 0 aromatic carbocycles. The van der Waals surface area contributed by atoms with Crippen LogP contribution in [0.25, 0.3) is 0 Å². The lowest BCUT2D eigenvalue weighted by Crippen LogP contribution is -2.42. The fourth-order valence-corrected chi connectivity index (χ4v) is 10.1. The monoisotopic (exact) mass is 348 g/mol. The van der Waals surface area contributed by atoms with Gasteiger partial charge in [0.2, 0.25) is 0 Å². The minimum absolute atomic E-state index is 0.181. The van der Waals surface area contributed by atoms with Crippen molar-refractivity contribution >= 4 is 22.6 Å². The van der Waals surface area contributed by atoms with E-state index in [1.54, 1.807) is 0 Å². The first-order chi connectivity index (χ1) is 10.1. The van der Waals surface area contributed by atoms with Gasteiger partial charge >= 0.3 is 5.97 Å². The Morgan fingerprint density at radius 2 is 1.59 bits per heavy atom. The van der Waals surface area contributed by atoms with Crippen LogP contribution in [0, 0.1) is 0 Å². The van der Waals surface area contributed by atoms with E-state index in [0.717, 1.165) is 12.5 Å². The van der Waals surface area contributed by atoms with Gasteiger partial charge in [0.05, 0.1) is 32.5 Å². The van der Waals surface area contributed by atoms with E-state index in [4.69, 9.17) is 13.6 Å². The first kappa shape index (κ1) is 21.5. The Labute approximate surface area is 137 Å². The van der Waals surface area contributed by atoms with E-state index in [0.29, 0.717) is 25.4 Å². The molecule has 0 saturated carbocycles. The average molecular weight is 349 g/mol. The molecule has 0 radical (unpaired) electrons. The minimum atomic E-state index is -1.56. The predicted molar refractivity (Wildman–Crippen MR) is 94.1 cm³/mol. The van der Waals surface area contributed by atoms with Crippen LogP contribution in [0.3, 0.4) is 0 Å². The Morgan fingerprint density at radius 3 is 2.14 bits per heavy atom. The van der Waals surface area contributed by atoms with Crippen LogP contribution in [0.2, 0.25) is 38.8 Å². The lowest BCUT2D eigenvalue weighted by atomic mass is 10.3. The summed E-state index contributed by atoms with van der Waals surface area (Å²) >= 11 is 0. The maximum atomic E-state index is 11.1. The molecule has 0 saturated heterocycles. The van der Waals surface area contributed by atoms with Crippen LogP contribution < -0.4 is 0 Å². The number of ether oxygens (including phenoxy) is 3. The zero-order valence-corrected chi connectivity index (χ0v) is 17.0. The van der Waals surface area contributed by atoms with Crippen LogP contribution in [0.5, 0.6) is 0 Å². The van der Waals surface area contributed by atoms with Crippen LogP contribution in [0.1, 0.15) is 6.42 Å². The van der Waals surface area contributed by atoms with Gasteiger partial charge in [-0.2, -0.15) is 0 Å². The fourth-order valence-electron chi connectivity index (χ4n) is 2.10. The molecule has 0 heterocycles. The van der Waals surface area contributed by atoms with Crippen molar-refractivity contribution < 1.29 is 23.1 Å². The van der Waals surface area contributed by atoms with E-state index in [2.05, 4.69) is 44.1 Å². The highest BCUT2D eigenvalue weighted by Crippen LogP contribution is 2.19. The van der Waals surface area contributed by atoms with E-state index in [9.17, 15) is 4.79 Å². The molecule has 0 spiro atoms. The fraction of sp³-hybridized carbons (Fsp3) is 0.800. The third-order valence-electron chi connectivity index (χ3n) is 2.77. The normalized spacial score (nSPS) is 12.3. The molecule has 0 fully saturated rings. The quantitative estimate of drug-likeness (QED) is 0.235. The molecule has 0 aliphatic heterocycles. The van der Waals surface area contributed by atoms with Gasteiger partial charge in [-0.3, -0.25) is 0 Å². The highest BCUT2D eigenvalue weighted by atomic mass is 28.4. The molecule has 5 nitrogen and oxygen atoms in total. The SMILES string of the molecule is C=C(COCCOCCC[Si](C)(C)O[Si](C)(C)C)C(=O)OC. The van der Waals surface area contributed by atoms with Crippen molar-refractivity contribution in [2.45, 2.75) is 45.2 Å². The zero-order chi connectivity index (χ0) is 17.2. The summed E-state index contributed by atoms with van der Waals surface area (Å²) in [5, 5.41) is 0. The molecule has 0 aliphatic rings. The number of hydrogen-bond donors (Lipinski definition) is 0. The Bertz CT molecular complexity index is 350. The first-order valence-corrected chi connectivity index (χ1v) is 14.2. The third-order valence-corrected chi connectivity index (χ3v) is 8.99. The molecule has 0 amide bonds. The molecule has 0 aromatic rings. The minimum Gasteiger partial charge on any atom is -0.466 e. The second-order valence-corrected chi connectivity index (χ2v) is 15.9. The van der Waals surface area contributed by atoms with Crippen LogP contribution in [0.4, 0.5) is 0 Å². The number of hydrogen-bond acceptors (Lipinski definition) is 5. The van der Waals surface area contributed by atoms with Gasteiger partial charge in [-0.1, -0.05) is 6.58 Å². The lowest BCUT2D eigenvalue weighted by molar-refractivity contribution is -0.136. The zero-order valence-electron chi connectivity index (χ0n) is 15.0. The highest BCUT2D eigenvalue weighted by molar-refractivity contribution is 6.84. The number of esters is 1. The van der Waals surface area contributed by atoms with Crippen molar-refractivity contribution in [3.63, 3.8) is 0 Å². The van der Waals surface area contributed by atoms with Crippen molar-refractivity contribution in [3.8, 4) is 0 Å². The van der Waals surface area contributed by atoms with E-state index < -0.39 is 22.6 Å². The van der Waals surface area contributed by atoms with E-state index in [1.165, 1.54) is 7.11 Å². The van der Waals surface area contributed by atoms with Gasteiger partial charge in [0.1, 0.15) is 0 Å². The van der Waals surface area contributed by atoms with Crippen molar-refractivity contribution in [1.82, 2.24) is 0 Å². The smallest absolute Gasteiger partial charge is 0.335 e. The van der Waals surface area contributed by atoms with Crippen molar-refractivity contribution in [1.29, 1.82) is 0 Å². The second kappa shape index (κ2) is 10.3. The van der Waals surface area contributed by atoms with Gasteiger partial charge in [-0.05, 0) is 45.2 Å². The number of rotatable bonds is 12. The topological polar surface area (TPSA) is 54.0 Å². The molecule has 0 unspecified atom stereocenters. The lowest BCUT2D eigenvalue weighted by Gasteiger charge is -2.31. The Balaban J connectivity index is 3.59. The summed E-state index contributed by atoms with van der Waals surface area (Å²) < 4.78 is 21.6. The van der Waals surface area contributed by atoms with Crippen LogP contribution in [0.15, 0.2) is 12.2 Å². The van der Waals surface area contributed by atoms with Gasteiger partial charge in [-0.25, -0.2) is 4.79 Å². The van der Waals surface area contributed by atoms with Gasteiger partial charge in [0.25, 0.3) is 0 Å². The highest BCUT2D eigenvalue weighted by Gasteiger charge is 2.28. The summed E-state index contributed by atoms with van der Waals surface area (Å²) in [6.45, 7) is 16.7. The van der Waals surface area contributed by atoms with Gasteiger partial charge in [-0.15, -0.1) is 0 Å². The maximum absolute atomic E-state index is 11.1. The van der Waals surface area contributed by atoms with Crippen LogP contribution in [-0.2, 0) is 23.1 Å². The van der Waals surface area contributed by atoms with Gasteiger partial charge in [0, 0.05) is 6.61 Å². The maximum Gasteiger partial charge on any atom is 0.335 e. The molecule has 22 heavy (non-hydrogen) atoms. The third kappa shape index (κ3) is 12.1. The number of methoxy groups -OCH3 is 1. The molecular formula is C15H32O5Si2. The standard InChI is InChI=1S/C15H32O5Si2/c1-14(15(16)17-2)13-19-11-10-18-9-8-12-22(6,7)20-21(3,4)5/h1,8-13H2,2-7H3. The first-order valence-electron chi connectivity index (χ1n) is 7.69. The molecular weight excluding hydrogens is 316 g/mol. The Morgan fingerprint density at radius 1 is 1.00 bits per heavy atom. The summed E-state index contributed by atoms with van der Waals surface area (Å²) in [4.78, 5) is 11.1. The van der Waals surface area contributed by atoms with Crippen LogP contribution in [-0.4, -0.2) is 56.1 Å². The molecule has 7 heteroatoms. The number of carbonyl (C=O) groups excluding carboxylic acids is 1. The largest absolute Gasteiger partial charge is 0.466 e. The molecule has 0 rings (SSSR count).